The number of hydrogen-bond donors (Lipinski definition) is 1. The summed E-state index contributed by atoms with van der Waals surface area (Å²) in [6.07, 6.45) is 1.78. The number of nitrogens with one attached hydrogen (secondary N) is 1. The van der Waals surface area contributed by atoms with Crippen molar-refractivity contribution in [1.82, 2.24) is 14.8 Å². The molecule has 3 heterocycles. The normalized spacial score (nSPS) is 30.4. The molecule has 6 atom stereocenters. The van der Waals surface area contributed by atoms with E-state index in [1.54, 1.807) is 4.90 Å². The third-order valence-corrected chi connectivity index (χ3v) is 7.80. The summed E-state index contributed by atoms with van der Waals surface area (Å²) in [6, 6.07) is 3.11. The monoisotopic (exact) mass is 471 g/mol. The molecule has 0 radical (unpaired) electrons. The quantitative estimate of drug-likeness (QED) is 0.736. The molecule has 1 aromatic heterocycles. The lowest BCUT2D eigenvalue weighted by Crippen LogP contribution is -2.59. The number of aromatic nitrogens is 1. The first-order valence-corrected chi connectivity index (χ1v) is 11.3. The fourth-order valence-electron chi connectivity index (χ4n) is 6.19. The van der Waals surface area contributed by atoms with Gasteiger partial charge >= 0.3 is 0 Å². The molecule has 178 valence electrons. The molecule has 8 nitrogen and oxygen atoms in total. The molecule has 2 bridgehead atoms. The van der Waals surface area contributed by atoms with Crippen LogP contribution in [0.3, 0.4) is 0 Å². The van der Waals surface area contributed by atoms with E-state index in [9.17, 15) is 23.2 Å². The van der Waals surface area contributed by atoms with E-state index in [2.05, 4.69) is 12.2 Å². The molecule has 2 saturated carbocycles. The van der Waals surface area contributed by atoms with Gasteiger partial charge in [0.2, 0.25) is 5.43 Å². The van der Waals surface area contributed by atoms with Crippen LogP contribution >= 0.6 is 0 Å². The number of pyridine rings is 1. The summed E-state index contributed by atoms with van der Waals surface area (Å²) >= 11 is 0. The van der Waals surface area contributed by atoms with Crippen LogP contribution < -0.4 is 15.5 Å². The zero-order valence-electron chi connectivity index (χ0n) is 18.6. The summed E-state index contributed by atoms with van der Waals surface area (Å²) in [7, 11) is 1.28. The molecule has 6 unspecified atom stereocenters. The van der Waals surface area contributed by atoms with Crippen LogP contribution in [0.4, 0.5) is 8.78 Å². The van der Waals surface area contributed by atoms with E-state index in [1.165, 1.54) is 23.9 Å². The van der Waals surface area contributed by atoms with Crippen molar-refractivity contribution in [3.05, 3.63) is 63.1 Å². The van der Waals surface area contributed by atoms with Crippen molar-refractivity contribution in [2.75, 3.05) is 7.11 Å². The van der Waals surface area contributed by atoms with E-state index in [4.69, 9.17) is 9.47 Å². The Hall–Kier alpha value is -3.27. The molecule has 2 aliphatic carbocycles. The number of carbonyl (C=O) groups is 2. The van der Waals surface area contributed by atoms with Gasteiger partial charge in [-0.2, -0.15) is 0 Å². The summed E-state index contributed by atoms with van der Waals surface area (Å²) in [5.41, 5.74) is -0.787. The number of benzene rings is 1. The fraction of sp³-hybridized carbons (Fsp3) is 0.458. The maximum absolute atomic E-state index is 13.9. The van der Waals surface area contributed by atoms with Gasteiger partial charge in [-0.3, -0.25) is 14.4 Å². The van der Waals surface area contributed by atoms with Gasteiger partial charge in [0, 0.05) is 30.4 Å². The lowest BCUT2D eigenvalue weighted by molar-refractivity contribution is -0.147. The number of carbonyl (C=O) groups excluding carboxylic acids is 2. The number of hydrogen-bond acceptors (Lipinski definition) is 5. The highest BCUT2D eigenvalue weighted by molar-refractivity contribution is 5.99. The molecular weight excluding hydrogens is 448 g/mol. The number of halogens is 2. The third kappa shape index (κ3) is 2.94. The third-order valence-electron chi connectivity index (χ3n) is 7.80. The van der Waals surface area contributed by atoms with Crippen molar-refractivity contribution in [3.8, 4) is 5.75 Å². The van der Waals surface area contributed by atoms with Gasteiger partial charge in [-0.1, -0.05) is 13.0 Å². The zero-order chi connectivity index (χ0) is 23.9. The minimum atomic E-state index is -0.804. The van der Waals surface area contributed by atoms with Crippen LogP contribution in [0.2, 0.25) is 0 Å². The van der Waals surface area contributed by atoms with E-state index in [-0.39, 0.29) is 53.7 Å². The Bertz CT molecular complexity index is 1290. The van der Waals surface area contributed by atoms with Gasteiger partial charge in [0.15, 0.2) is 17.7 Å². The molecule has 2 aliphatic heterocycles. The highest BCUT2D eigenvalue weighted by Crippen LogP contribution is 2.62. The first-order chi connectivity index (χ1) is 16.3. The Labute approximate surface area is 193 Å². The topological polar surface area (TPSA) is 89.9 Å². The van der Waals surface area contributed by atoms with Crippen LogP contribution in [0.15, 0.2) is 29.2 Å². The van der Waals surface area contributed by atoms with Crippen LogP contribution in [-0.2, 0) is 17.8 Å². The number of ether oxygens (including phenoxy) is 2. The molecule has 10 heteroatoms. The highest BCUT2D eigenvalue weighted by atomic mass is 19.1. The van der Waals surface area contributed by atoms with Crippen LogP contribution in [0, 0.1) is 29.4 Å². The minimum absolute atomic E-state index is 0.0736. The minimum Gasteiger partial charge on any atom is -0.491 e. The van der Waals surface area contributed by atoms with Gasteiger partial charge in [0.1, 0.15) is 17.2 Å². The summed E-state index contributed by atoms with van der Waals surface area (Å²) in [4.78, 5) is 41.2. The average molecular weight is 471 g/mol. The smallest absolute Gasteiger partial charge is 0.276 e. The summed E-state index contributed by atoms with van der Waals surface area (Å²) in [5.74, 6) is -1.44. The van der Waals surface area contributed by atoms with Crippen molar-refractivity contribution in [2.24, 2.45) is 17.8 Å². The Morgan fingerprint density at radius 2 is 2.06 bits per heavy atom. The predicted octanol–water partition coefficient (Wildman–Crippen LogP) is 1.90. The fourth-order valence-corrected chi connectivity index (χ4v) is 6.19. The highest BCUT2D eigenvalue weighted by Gasteiger charge is 2.67. The second-order valence-electron chi connectivity index (χ2n) is 9.48. The number of amides is 2. The Balaban J connectivity index is 1.31. The van der Waals surface area contributed by atoms with Crippen molar-refractivity contribution in [1.29, 1.82) is 0 Å². The van der Waals surface area contributed by atoms with Gasteiger partial charge in [-0.05, 0) is 30.2 Å². The largest absolute Gasteiger partial charge is 0.491 e. The van der Waals surface area contributed by atoms with E-state index in [1.807, 2.05) is 0 Å². The SMILES string of the molecule is COc1c2n(cc(C(=O)NCc3ccc(F)cc3F)c1=O)CC1OC3CC(C4C(C)C34)N1C2=O. The van der Waals surface area contributed by atoms with Gasteiger partial charge < -0.3 is 24.3 Å². The summed E-state index contributed by atoms with van der Waals surface area (Å²) < 4.78 is 40.2. The van der Waals surface area contributed by atoms with Crippen molar-refractivity contribution >= 4 is 11.8 Å². The van der Waals surface area contributed by atoms with Gasteiger partial charge in [0.05, 0.1) is 19.8 Å². The Morgan fingerprint density at radius 1 is 1.26 bits per heavy atom. The number of nitrogens with zero attached hydrogens (tertiary/aromatic N) is 2. The second kappa shape index (κ2) is 7.36. The molecule has 34 heavy (non-hydrogen) atoms. The number of fused-ring (bicyclic) bond motifs is 8. The summed E-state index contributed by atoms with van der Waals surface area (Å²) in [5, 5.41) is 2.49. The Morgan fingerprint density at radius 3 is 2.79 bits per heavy atom. The maximum Gasteiger partial charge on any atom is 0.276 e. The maximum atomic E-state index is 13.9. The Kier molecular flexibility index (Phi) is 4.61. The molecule has 3 fully saturated rings. The first kappa shape index (κ1) is 21.3. The lowest BCUT2D eigenvalue weighted by atomic mass is 10.00. The van der Waals surface area contributed by atoms with Gasteiger partial charge in [-0.25, -0.2) is 8.78 Å². The second-order valence-corrected chi connectivity index (χ2v) is 9.48. The number of rotatable bonds is 4. The molecule has 2 aromatic rings. The van der Waals surface area contributed by atoms with E-state index >= 15 is 0 Å². The lowest BCUT2D eigenvalue weighted by Gasteiger charge is -2.46. The van der Waals surface area contributed by atoms with E-state index in [0.29, 0.717) is 17.8 Å². The number of methoxy groups -OCH3 is 1. The molecule has 2 amide bonds. The first-order valence-electron chi connectivity index (χ1n) is 11.3. The van der Waals surface area contributed by atoms with Crippen LogP contribution in [0.1, 0.15) is 39.8 Å². The summed E-state index contributed by atoms with van der Waals surface area (Å²) in [6.45, 7) is 2.21. The van der Waals surface area contributed by atoms with Crippen molar-refractivity contribution in [2.45, 2.75) is 44.8 Å². The van der Waals surface area contributed by atoms with Crippen LogP contribution in [-0.4, -0.2) is 46.8 Å². The molecule has 1 aromatic carbocycles. The molecule has 1 saturated heterocycles. The van der Waals surface area contributed by atoms with Gasteiger partial charge in [0.25, 0.3) is 11.8 Å². The van der Waals surface area contributed by atoms with E-state index < -0.39 is 29.2 Å². The predicted molar refractivity (Wildman–Crippen MR) is 114 cm³/mol. The van der Waals surface area contributed by atoms with Crippen LogP contribution in [0.5, 0.6) is 5.75 Å². The van der Waals surface area contributed by atoms with Crippen molar-refractivity contribution in [3.63, 3.8) is 0 Å². The molecule has 1 N–H and O–H groups in total. The van der Waals surface area contributed by atoms with Gasteiger partial charge in [-0.15, -0.1) is 0 Å². The zero-order valence-corrected chi connectivity index (χ0v) is 18.6. The molecule has 0 spiro atoms. The molecular formula is C24H23F2N3O5. The average Bonchev–Trinajstić information content (AvgIpc) is 3.37. The standard InChI is InChI=1S/C24H23F2N3O5/c1-10-18-15-6-16(19(10)18)34-17-9-28-8-13(21(30)22(33-2)20(28)24(32)29(15)17)23(31)27-7-11-3-4-12(25)5-14(11)26/h3-5,8,10,15-19H,6-7,9H2,1-2H3,(H,27,31). The van der Waals surface area contributed by atoms with Crippen molar-refractivity contribution < 1.29 is 27.8 Å². The molecule has 6 rings (SSSR count). The molecule has 4 aliphatic rings. The van der Waals surface area contributed by atoms with Crippen LogP contribution in [0.25, 0.3) is 0 Å². The van der Waals surface area contributed by atoms with E-state index in [0.717, 1.165) is 18.6 Å².